The van der Waals surface area contributed by atoms with E-state index in [9.17, 15) is 13.2 Å². The highest BCUT2D eigenvalue weighted by Gasteiger charge is 2.33. The third-order valence-electron chi connectivity index (χ3n) is 1.40. The van der Waals surface area contributed by atoms with Gasteiger partial charge in [-0.2, -0.15) is 0 Å². The molecule has 0 atom stereocenters. The van der Waals surface area contributed by atoms with Crippen molar-refractivity contribution in [2.45, 2.75) is 12.9 Å². The third kappa shape index (κ3) is 3.90. The van der Waals surface area contributed by atoms with Gasteiger partial charge in [0.1, 0.15) is 3.70 Å². The summed E-state index contributed by atoms with van der Waals surface area (Å²) in [4.78, 5) is 3.69. The van der Waals surface area contributed by atoms with Crippen LogP contribution in [0, 0.1) is 7.27 Å². The molecule has 8 heteroatoms. The molecule has 0 amide bonds. The number of hydrogen-bond donors (Lipinski definition) is 1. The minimum atomic E-state index is -4.74. The Morgan fingerprint density at radius 2 is 2.00 bits per heavy atom. The summed E-state index contributed by atoms with van der Waals surface area (Å²) in [6, 6.07) is 1.52. The van der Waals surface area contributed by atoms with Crippen LogP contribution in [0.15, 0.2) is 6.07 Å². The lowest BCUT2D eigenvalue weighted by Crippen LogP contribution is -2.20. The monoisotopic (exact) mass is 444 g/mol. The van der Waals surface area contributed by atoms with Gasteiger partial charge in [-0.3, -0.25) is 0 Å². The molecule has 0 unspecified atom stereocenters. The SMILES string of the molecule is NCc1cc(I)c(I)nc1OC(F)(F)F. The Morgan fingerprint density at radius 1 is 1.40 bits per heavy atom. The van der Waals surface area contributed by atoms with Crippen molar-refractivity contribution >= 4 is 45.2 Å². The summed E-state index contributed by atoms with van der Waals surface area (Å²) >= 11 is 3.79. The Morgan fingerprint density at radius 3 is 2.47 bits per heavy atom. The van der Waals surface area contributed by atoms with Crippen LogP contribution >= 0.6 is 45.2 Å². The molecule has 0 radical (unpaired) electrons. The first-order chi connectivity index (χ1) is 6.83. The predicted octanol–water partition coefficient (Wildman–Crippen LogP) is 2.65. The summed E-state index contributed by atoms with van der Waals surface area (Å²) in [7, 11) is 0. The van der Waals surface area contributed by atoms with Crippen molar-refractivity contribution in [1.82, 2.24) is 4.98 Å². The van der Waals surface area contributed by atoms with Crippen LogP contribution in [0.5, 0.6) is 5.88 Å². The molecule has 0 aliphatic carbocycles. The Labute approximate surface area is 111 Å². The van der Waals surface area contributed by atoms with Crippen LogP contribution < -0.4 is 10.5 Å². The highest BCUT2D eigenvalue weighted by atomic mass is 127. The molecular formula is C7H5F3I2N2O. The van der Waals surface area contributed by atoms with E-state index >= 15 is 0 Å². The molecule has 0 saturated heterocycles. The molecule has 0 saturated carbocycles. The number of rotatable bonds is 2. The lowest BCUT2D eigenvalue weighted by atomic mass is 10.3. The van der Waals surface area contributed by atoms with E-state index in [1.807, 2.05) is 45.2 Å². The number of ether oxygens (including phenoxy) is 1. The first kappa shape index (κ1) is 13.2. The minimum absolute atomic E-state index is 0.0503. The Bertz CT molecular complexity index is 370. The van der Waals surface area contributed by atoms with Gasteiger partial charge in [0, 0.05) is 15.7 Å². The highest BCUT2D eigenvalue weighted by molar-refractivity contribution is 14.1. The summed E-state index contributed by atoms with van der Waals surface area (Å²) in [5.41, 5.74) is 5.53. The molecule has 0 aromatic carbocycles. The van der Waals surface area contributed by atoms with E-state index in [1.165, 1.54) is 6.07 Å². The summed E-state index contributed by atoms with van der Waals surface area (Å²) in [5.74, 6) is -0.477. The Kier molecular flexibility index (Phi) is 4.40. The van der Waals surface area contributed by atoms with Crippen LogP contribution in [0.25, 0.3) is 0 Å². The molecule has 0 aliphatic heterocycles. The Balaban J connectivity index is 3.11. The normalized spacial score (nSPS) is 11.6. The van der Waals surface area contributed by atoms with E-state index < -0.39 is 12.2 Å². The number of alkyl halides is 3. The molecule has 0 bridgehead atoms. The van der Waals surface area contributed by atoms with E-state index in [0.717, 1.165) is 3.57 Å². The van der Waals surface area contributed by atoms with E-state index in [-0.39, 0.29) is 12.1 Å². The second kappa shape index (κ2) is 4.99. The van der Waals surface area contributed by atoms with Crippen molar-refractivity contribution in [2.75, 3.05) is 0 Å². The molecular weight excluding hydrogens is 439 g/mol. The van der Waals surface area contributed by atoms with Crippen molar-refractivity contribution in [1.29, 1.82) is 0 Å². The minimum Gasteiger partial charge on any atom is -0.387 e. The van der Waals surface area contributed by atoms with Crippen LogP contribution in [0.2, 0.25) is 0 Å². The fraction of sp³-hybridized carbons (Fsp3) is 0.286. The maximum atomic E-state index is 12.0. The fourth-order valence-electron chi connectivity index (χ4n) is 0.833. The van der Waals surface area contributed by atoms with Gasteiger partial charge < -0.3 is 10.5 Å². The van der Waals surface area contributed by atoms with Gasteiger partial charge in [0.25, 0.3) is 0 Å². The number of hydrogen-bond acceptors (Lipinski definition) is 3. The lowest BCUT2D eigenvalue weighted by Gasteiger charge is -2.12. The third-order valence-corrected chi connectivity index (χ3v) is 4.08. The van der Waals surface area contributed by atoms with Crippen molar-refractivity contribution in [3.8, 4) is 5.88 Å². The highest BCUT2D eigenvalue weighted by Crippen LogP contribution is 2.27. The van der Waals surface area contributed by atoms with Crippen LogP contribution in [0.4, 0.5) is 13.2 Å². The quantitative estimate of drug-likeness (QED) is 0.564. The molecule has 15 heavy (non-hydrogen) atoms. The van der Waals surface area contributed by atoms with Gasteiger partial charge in [-0.1, -0.05) is 0 Å². The van der Waals surface area contributed by atoms with E-state index in [1.54, 1.807) is 0 Å². The molecule has 3 nitrogen and oxygen atoms in total. The molecule has 1 aromatic heterocycles. The number of nitrogens with zero attached hydrogens (tertiary/aromatic N) is 1. The van der Waals surface area contributed by atoms with Crippen molar-refractivity contribution in [3.63, 3.8) is 0 Å². The molecule has 0 aliphatic rings. The average molecular weight is 444 g/mol. The van der Waals surface area contributed by atoms with Gasteiger partial charge in [-0.15, -0.1) is 13.2 Å². The van der Waals surface area contributed by atoms with Crippen LogP contribution in [0.1, 0.15) is 5.56 Å². The fourth-order valence-corrected chi connectivity index (χ4v) is 1.70. The van der Waals surface area contributed by atoms with Gasteiger partial charge in [-0.25, -0.2) is 4.98 Å². The molecule has 1 rings (SSSR count). The zero-order chi connectivity index (χ0) is 11.6. The Hall–Kier alpha value is 0.160. The van der Waals surface area contributed by atoms with Gasteiger partial charge in [0.05, 0.1) is 0 Å². The summed E-state index contributed by atoms with van der Waals surface area (Å²) in [6.45, 7) is -0.0503. The largest absolute Gasteiger partial charge is 0.574 e. The zero-order valence-electron chi connectivity index (χ0n) is 7.11. The second-order valence-electron chi connectivity index (χ2n) is 2.48. The standard InChI is InChI=1S/C7H5F3I2N2O/c8-7(9,10)15-6-3(2-13)1-4(11)5(12)14-6/h1H,2,13H2. The molecule has 0 fully saturated rings. The smallest absolute Gasteiger partial charge is 0.387 e. The first-order valence-corrected chi connectivity index (χ1v) is 5.80. The maximum Gasteiger partial charge on any atom is 0.574 e. The van der Waals surface area contributed by atoms with Gasteiger partial charge in [0.2, 0.25) is 5.88 Å². The number of halogens is 5. The van der Waals surface area contributed by atoms with Crippen LogP contribution in [-0.2, 0) is 6.54 Å². The topological polar surface area (TPSA) is 48.1 Å². The maximum absolute atomic E-state index is 12.0. The van der Waals surface area contributed by atoms with Crippen molar-refractivity contribution in [3.05, 3.63) is 18.9 Å². The molecule has 84 valence electrons. The average Bonchev–Trinajstić information content (AvgIpc) is 2.08. The first-order valence-electron chi connectivity index (χ1n) is 3.64. The molecule has 1 aromatic rings. The summed E-state index contributed by atoms with van der Waals surface area (Å²) in [5, 5.41) is 0. The number of aromatic nitrogens is 1. The second-order valence-corrected chi connectivity index (χ2v) is 4.66. The van der Waals surface area contributed by atoms with Gasteiger partial charge in [-0.05, 0) is 51.2 Å². The van der Waals surface area contributed by atoms with Crippen molar-refractivity contribution < 1.29 is 17.9 Å². The van der Waals surface area contributed by atoms with Crippen LogP contribution in [0.3, 0.4) is 0 Å². The van der Waals surface area contributed by atoms with E-state index in [0.29, 0.717) is 3.70 Å². The van der Waals surface area contributed by atoms with Crippen LogP contribution in [-0.4, -0.2) is 11.3 Å². The summed E-state index contributed by atoms with van der Waals surface area (Å²) in [6.07, 6.45) is -4.74. The van der Waals surface area contributed by atoms with E-state index in [2.05, 4.69) is 9.72 Å². The number of pyridine rings is 1. The van der Waals surface area contributed by atoms with Crippen molar-refractivity contribution in [2.24, 2.45) is 5.73 Å². The predicted molar refractivity (Wildman–Crippen MR) is 64.2 cm³/mol. The van der Waals surface area contributed by atoms with E-state index in [4.69, 9.17) is 5.73 Å². The lowest BCUT2D eigenvalue weighted by molar-refractivity contribution is -0.276. The molecule has 1 heterocycles. The zero-order valence-corrected chi connectivity index (χ0v) is 11.4. The van der Waals surface area contributed by atoms with Gasteiger partial charge in [0.15, 0.2) is 0 Å². The summed E-state index contributed by atoms with van der Waals surface area (Å²) < 4.78 is 40.9. The molecule has 0 spiro atoms. The number of nitrogens with two attached hydrogens (primary N) is 1. The molecule has 2 N–H and O–H groups in total. The van der Waals surface area contributed by atoms with Gasteiger partial charge >= 0.3 is 6.36 Å².